The Balaban J connectivity index is 1.79. The second-order valence-corrected chi connectivity index (χ2v) is 6.02. The smallest absolute Gasteiger partial charge is 0.124 e. The first-order chi connectivity index (χ1) is 11.0. The van der Waals surface area contributed by atoms with Gasteiger partial charge in [0.15, 0.2) is 0 Å². The largest absolute Gasteiger partial charge is 0.364 e. The van der Waals surface area contributed by atoms with Crippen LogP contribution in [0.5, 0.6) is 0 Å². The van der Waals surface area contributed by atoms with Gasteiger partial charge in [0.25, 0.3) is 0 Å². The third kappa shape index (κ3) is 3.35. The summed E-state index contributed by atoms with van der Waals surface area (Å²) < 4.78 is 6.93. The van der Waals surface area contributed by atoms with E-state index in [1.54, 1.807) is 6.26 Å². The van der Waals surface area contributed by atoms with Crippen molar-refractivity contribution < 1.29 is 4.52 Å². The quantitative estimate of drug-likeness (QED) is 0.721. The Labute approximate surface area is 136 Å². The topological polar surface area (TPSA) is 47.1 Å². The molecule has 0 amide bonds. The lowest BCUT2D eigenvalue weighted by atomic mass is 10.1. The molecule has 0 fully saturated rings. The van der Waals surface area contributed by atoms with E-state index in [0.29, 0.717) is 0 Å². The standard InChI is InChI=1S/C18H22N4O/c1-13-10-14(2)22(19-13)17-7-5-6-16(11-17)12-21(4)15(3)18-8-9-23-20-18/h5-11,15H,12H2,1-4H3/t15-/m1/s1. The second kappa shape index (κ2) is 6.38. The number of nitrogens with zero attached hydrogens (tertiary/aromatic N) is 4. The van der Waals surface area contributed by atoms with Crippen molar-refractivity contribution in [3.63, 3.8) is 0 Å². The Morgan fingerprint density at radius 2 is 2.04 bits per heavy atom. The van der Waals surface area contributed by atoms with Crippen LogP contribution in [0.15, 0.2) is 47.2 Å². The van der Waals surface area contributed by atoms with Crippen LogP contribution in [0.3, 0.4) is 0 Å². The summed E-state index contributed by atoms with van der Waals surface area (Å²) in [5, 5.41) is 8.58. The highest BCUT2D eigenvalue weighted by atomic mass is 16.5. The molecule has 3 aromatic rings. The number of benzene rings is 1. The van der Waals surface area contributed by atoms with Crippen LogP contribution in [-0.4, -0.2) is 26.9 Å². The number of rotatable bonds is 5. The van der Waals surface area contributed by atoms with Crippen molar-refractivity contribution >= 4 is 0 Å². The van der Waals surface area contributed by atoms with E-state index in [2.05, 4.69) is 66.4 Å². The van der Waals surface area contributed by atoms with Crippen molar-refractivity contribution in [1.82, 2.24) is 19.8 Å². The maximum Gasteiger partial charge on any atom is 0.124 e. The van der Waals surface area contributed by atoms with Crippen molar-refractivity contribution in [1.29, 1.82) is 0 Å². The first-order valence-corrected chi connectivity index (χ1v) is 7.77. The van der Waals surface area contributed by atoms with Gasteiger partial charge in [-0.15, -0.1) is 0 Å². The fourth-order valence-electron chi connectivity index (χ4n) is 2.76. The molecule has 120 valence electrons. The molecule has 1 aromatic carbocycles. The molecule has 5 heteroatoms. The summed E-state index contributed by atoms with van der Waals surface area (Å²) >= 11 is 0. The van der Waals surface area contributed by atoms with Gasteiger partial charge in [-0.1, -0.05) is 17.3 Å². The molecule has 0 unspecified atom stereocenters. The minimum absolute atomic E-state index is 0.200. The number of aryl methyl sites for hydroxylation is 2. The first kappa shape index (κ1) is 15.5. The maximum absolute atomic E-state index is 4.94. The van der Waals surface area contributed by atoms with Crippen LogP contribution in [0, 0.1) is 13.8 Å². The molecule has 5 nitrogen and oxygen atoms in total. The molecule has 3 rings (SSSR count). The molecule has 1 atom stereocenters. The fourth-order valence-corrected chi connectivity index (χ4v) is 2.76. The van der Waals surface area contributed by atoms with Crippen LogP contribution in [0.25, 0.3) is 5.69 Å². The van der Waals surface area contributed by atoms with Crippen LogP contribution >= 0.6 is 0 Å². The highest BCUT2D eigenvalue weighted by Crippen LogP contribution is 2.20. The predicted octanol–water partition coefficient (Wildman–Crippen LogP) is 3.67. The van der Waals surface area contributed by atoms with Gasteiger partial charge < -0.3 is 4.52 Å². The number of hydrogen-bond acceptors (Lipinski definition) is 4. The first-order valence-electron chi connectivity index (χ1n) is 7.77. The summed E-state index contributed by atoms with van der Waals surface area (Å²) in [5.74, 6) is 0. The minimum atomic E-state index is 0.200. The van der Waals surface area contributed by atoms with E-state index in [4.69, 9.17) is 4.52 Å². The molecule has 0 aliphatic heterocycles. The molecule has 0 aliphatic rings. The zero-order valence-electron chi connectivity index (χ0n) is 14.0. The van der Waals surface area contributed by atoms with E-state index in [9.17, 15) is 0 Å². The van der Waals surface area contributed by atoms with Gasteiger partial charge >= 0.3 is 0 Å². The van der Waals surface area contributed by atoms with Crippen LogP contribution < -0.4 is 0 Å². The Morgan fingerprint density at radius 3 is 2.70 bits per heavy atom. The SMILES string of the molecule is Cc1cc(C)n(-c2cccc(CN(C)[C@H](C)c3ccon3)c2)n1. The Bertz CT molecular complexity index is 776. The van der Waals surface area contributed by atoms with Gasteiger partial charge in [-0.2, -0.15) is 5.10 Å². The van der Waals surface area contributed by atoms with Gasteiger partial charge in [-0.05, 0) is 51.6 Å². The molecular formula is C18H22N4O. The number of aromatic nitrogens is 3. The fraction of sp³-hybridized carbons (Fsp3) is 0.333. The second-order valence-electron chi connectivity index (χ2n) is 6.02. The summed E-state index contributed by atoms with van der Waals surface area (Å²) in [6.07, 6.45) is 1.61. The lowest BCUT2D eigenvalue weighted by Crippen LogP contribution is -2.22. The normalized spacial score (nSPS) is 12.7. The van der Waals surface area contributed by atoms with Crippen molar-refractivity contribution in [2.24, 2.45) is 0 Å². The zero-order chi connectivity index (χ0) is 16.4. The summed E-state index contributed by atoms with van der Waals surface area (Å²) in [5.41, 5.74) is 5.46. The van der Waals surface area contributed by atoms with Gasteiger partial charge in [0, 0.05) is 18.3 Å². The van der Waals surface area contributed by atoms with Crippen LogP contribution in [0.4, 0.5) is 0 Å². The van der Waals surface area contributed by atoms with E-state index < -0.39 is 0 Å². The van der Waals surface area contributed by atoms with E-state index in [-0.39, 0.29) is 6.04 Å². The number of hydrogen-bond donors (Lipinski definition) is 0. The molecule has 2 aromatic heterocycles. The highest BCUT2D eigenvalue weighted by molar-refractivity contribution is 5.37. The lowest BCUT2D eigenvalue weighted by molar-refractivity contribution is 0.241. The van der Waals surface area contributed by atoms with E-state index in [0.717, 1.165) is 29.3 Å². The van der Waals surface area contributed by atoms with Crippen molar-refractivity contribution in [3.05, 3.63) is 65.3 Å². The summed E-state index contributed by atoms with van der Waals surface area (Å²) in [6, 6.07) is 12.7. The minimum Gasteiger partial charge on any atom is -0.364 e. The summed E-state index contributed by atoms with van der Waals surface area (Å²) in [6.45, 7) is 7.05. The van der Waals surface area contributed by atoms with Crippen molar-refractivity contribution in [2.45, 2.75) is 33.4 Å². The van der Waals surface area contributed by atoms with Crippen molar-refractivity contribution in [2.75, 3.05) is 7.05 Å². The average Bonchev–Trinajstić information content (AvgIpc) is 3.16. The van der Waals surface area contributed by atoms with E-state index in [1.165, 1.54) is 5.56 Å². The average molecular weight is 310 g/mol. The monoisotopic (exact) mass is 310 g/mol. The van der Waals surface area contributed by atoms with E-state index in [1.807, 2.05) is 17.7 Å². The molecule has 0 radical (unpaired) electrons. The molecule has 0 aliphatic carbocycles. The Kier molecular flexibility index (Phi) is 4.30. The van der Waals surface area contributed by atoms with Crippen LogP contribution in [0.2, 0.25) is 0 Å². The van der Waals surface area contributed by atoms with Gasteiger partial charge in [0.05, 0.1) is 17.4 Å². The van der Waals surface area contributed by atoms with Crippen LogP contribution in [-0.2, 0) is 6.54 Å². The Morgan fingerprint density at radius 1 is 1.22 bits per heavy atom. The molecule has 0 saturated heterocycles. The van der Waals surface area contributed by atoms with Crippen LogP contribution in [0.1, 0.15) is 35.6 Å². The molecular weight excluding hydrogens is 288 g/mol. The summed E-state index contributed by atoms with van der Waals surface area (Å²) in [7, 11) is 2.09. The maximum atomic E-state index is 4.94. The lowest BCUT2D eigenvalue weighted by Gasteiger charge is -2.23. The Hall–Kier alpha value is -2.40. The van der Waals surface area contributed by atoms with Gasteiger partial charge in [0.2, 0.25) is 0 Å². The van der Waals surface area contributed by atoms with Crippen molar-refractivity contribution in [3.8, 4) is 5.69 Å². The van der Waals surface area contributed by atoms with Gasteiger partial charge in [-0.3, -0.25) is 4.90 Å². The molecule has 0 saturated carbocycles. The summed E-state index contributed by atoms with van der Waals surface area (Å²) in [4.78, 5) is 2.25. The third-order valence-corrected chi connectivity index (χ3v) is 4.14. The molecule has 2 heterocycles. The van der Waals surface area contributed by atoms with E-state index >= 15 is 0 Å². The van der Waals surface area contributed by atoms with Gasteiger partial charge in [-0.25, -0.2) is 4.68 Å². The zero-order valence-corrected chi connectivity index (χ0v) is 14.0. The highest BCUT2D eigenvalue weighted by Gasteiger charge is 2.15. The van der Waals surface area contributed by atoms with Gasteiger partial charge in [0.1, 0.15) is 12.0 Å². The molecule has 0 bridgehead atoms. The predicted molar refractivity (Wildman–Crippen MR) is 89.4 cm³/mol. The molecule has 23 heavy (non-hydrogen) atoms. The molecule has 0 spiro atoms. The molecule has 0 N–H and O–H groups in total. The third-order valence-electron chi connectivity index (χ3n) is 4.14.